The monoisotopic (exact) mass is 256 g/mol. The Morgan fingerprint density at radius 1 is 1.43 bits per heavy atom. The van der Waals surface area contributed by atoms with Gasteiger partial charge in [-0.2, -0.15) is 0 Å². The van der Waals surface area contributed by atoms with Gasteiger partial charge in [-0.05, 0) is 54.4 Å². The number of carbonyl (C=O) groups is 1. The summed E-state index contributed by atoms with van der Waals surface area (Å²) < 4.78 is 6.37. The number of rotatable bonds is 3. The van der Waals surface area contributed by atoms with Crippen molar-refractivity contribution in [2.45, 2.75) is 26.9 Å². The second kappa shape index (κ2) is 4.60. The molecule has 0 saturated carbocycles. The summed E-state index contributed by atoms with van der Waals surface area (Å²) in [7, 11) is 0. The molecule has 2 nitrogen and oxygen atoms in total. The second-order valence-electron chi connectivity index (χ2n) is 3.45. The van der Waals surface area contributed by atoms with Gasteiger partial charge >= 0.3 is 0 Å². The van der Waals surface area contributed by atoms with E-state index in [-0.39, 0.29) is 6.10 Å². The van der Waals surface area contributed by atoms with Gasteiger partial charge < -0.3 is 4.74 Å². The van der Waals surface area contributed by atoms with Gasteiger partial charge in [0.1, 0.15) is 5.75 Å². The number of carbonyl (C=O) groups excluding carboxylic acids is 1. The van der Waals surface area contributed by atoms with Crippen LogP contribution in [0.1, 0.15) is 29.8 Å². The molecule has 0 radical (unpaired) electrons. The lowest BCUT2D eigenvalue weighted by Crippen LogP contribution is -2.08. The Balaban J connectivity index is 3.18. The highest BCUT2D eigenvalue weighted by atomic mass is 79.9. The van der Waals surface area contributed by atoms with Gasteiger partial charge in [-0.3, -0.25) is 4.79 Å². The van der Waals surface area contributed by atoms with E-state index < -0.39 is 0 Å². The quantitative estimate of drug-likeness (QED) is 0.776. The van der Waals surface area contributed by atoms with Gasteiger partial charge in [0.2, 0.25) is 0 Å². The van der Waals surface area contributed by atoms with Gasteiger partial charge in [0.25, 0.3) is 0 Å². The van der Waals surface area contributed by atoms with Gasteiger partial charge in [0.05, 0.1) is 16.1 Å². The van der Waals surface area contributed by atoms with E-state index in [1.165, 1.54) is 0 Å². The average molecular weight is 257 g/mol. The van der Waals surface area contributed by atoms with Crippen LogP contribution in [-0.4, -0.2) is 12.4 Å². The number of hydrogen-bond donors (Lipinski definition) is 0. The van der Waals surface area contributed by atoms with Crippen LogP contribution in [-0.2, 0) is 0 Å². The van der Waals surface area contributed by atoms with Crippen molar-refractivity contribution in [1.29, 1.82) is 0 Å². The van der Waals surface area contributed by atoms with E-state index in [4.69, 9.17) is 4.74 Å². The molecule has 0 N–H and O–H groups in total. The molecule has 0 saturated heterocycles. The van der Waals surface area contributed by atoms with Crippen molar-refractivity contribution >= 4 is 22.2 Å². The lowest BCUT2D eigenvalue weighted by molar-refractivity contribution is 0.111. The Morgan fingerprint density at radius 3 is 2.57 bits per heavy atom. The summed E-state index contributed by atoms with van der Waals surface area (Å²) in [6, 6.07) is 3.75. The summed E-state index contributed by atoms with van der Waals surface area (Å²) in [5, 5.41) is 0. The van der Waals surface area contributed by atoms with Crippen LogP contribution in [0.5, 0.6) is 5.75 Å². The normalized spacial score (nSPS) is 10.4. The summed E-state index contributed by atoms with van der Waals surface area (Å²) >= 11 is 3.38. The molecular weight excluding hydrogens is 244 g/mol. The van der Waals surface area contributed by atoms with Crippen molar-refractivity contribution in [3.63, 3.8) is 0 Å². The second-order valence-corrected chi connectivity index (χ2v) is 4.30. The summed E-state index contributed by atoms with van der Waals surface area (Å²) in [6.45, 7) is 5.80. The molecule has 0 spiro atoms. The number of halogens is 1. The Kier molecular flexibility index (Phi) is 3.69. The molecule has 0 unspecified atom stereocenters. The highest BCUT2D eigenvalue weighted by Crippen LogP contribution is 2.30. The SMILES string of the molecule is Cc1cc(Br)c(OC(C)C)c(C=O)c1. The first-order valence-electron chi connectivity index (χ1n) is 4.46. The smallest absolute Gasteiger partial charge is 0.153 e. The maximum Gasteiger partial charge on any atom is 0.153 e. The number of ether oxygens (including phenoxy) is 1. The number of aldehydes is 1. The maximum absolute atomic E-state index is 10.8. The van der Waals surface area contributed by atoms with Gasteiger partial charge in [0, 0.05) is 0 Å². The van der Waals surface area contributed by atoms with E-state index in [0.717, 1.165) is 16.3 Å². The molecule has 14 heavy (non-hydrogen) atoms. The molecule has 1 rings (SSSR count). The molecule has 0 heterocycles. The van der Waals surface area contributed by atoms with E-state index in [2.05, 4.69) is 15.9 Å². The molecule has 0 aromatic heterocycles. The Bertz CT molecular complexity index is 345. The molecule has 0 aliphatic heterocycles. The first kappa shape index (κ1) is 11.2. The van der Waals surface area contributed by atoms with E-state index >= 15 is 0 Å². The Morgan fingerprint density at radius 2 is 2.07 bits per heavy atom. The number of hydrogen-bond acceptors (Lipinski definition) is 2. The molecular formula is C11H13BrO2. The van der Waals surface area contributed by atoms with Crippen molar-refractivity contribution in [2.75, 3.05) is 0 Å². The maximum atomic E-state index is 10.8. The van der Waals surface area contributed by atoms with Crippen LogP contribution < -0.4 is 4.74 Å². The lowest BCUT2D eigenvalue weighted by atomic mass is 10.1. The minimum Gasteiger partial charge on any atom is -0.489 e. The molecule has 0 aliphatic rings. The molecule has 1 aromatic rings. The fraction of sp³-hybridized carbons (Fsp3) is 0.364. The molecule has 0 aliphatic carbocycles. The average Bonchev–Trinajstić information content (AvgIpc) is 2.08. The zero-order chi connectivity index (χ0) is 10.7. The zero-order valence-corrected chi connectivity index (χ0v) is 10.1. The van der Waals surface area contributed by atoms with E-state index in [9.17, 15) is 4.79 Å². The van der Waals surface area contributed by atoms with Crippen molar-refractivity contribution in [3.8, 4) is 5.75 Å². The van der Waals surface area contributed by atoms with Gasteiger partial charge in [-0.1, -0.05) is 0 Å². The molecule has 3 heteroatoms. The molecule has 1 aromatic carbocycles. The zero-order valence-electron chi connectivity index (χ0n) is 8.50. The van der Waals surface area contributed by atoms with Crippen LogP contribution in [0.2, 0.25) is 0 Å². The van der Waals surface area contributed by atoms with Crippen LogP contribution in [0.3, 0.4) is 0 Å². The minimum atomic E-state index is 0.0627. The topological polar surface area (TPSA) is 26.3 Å². The Hall–Kier alpha value is -0.830. The third-order valence-electron chi connectivity index (χ3n) is 1.70. The van der Waals surface area contributed by atoms with E-state index in [1.54, 1.807) is 0 Å². The standard InChI is InChI=1S/C11H13BrO2/c1-7(2)14-11-9(6-13)4-8(3)5-10(11)12/h4-7H,1-3H3. The van der Waals surface area contributed by atoms with Gasteiger partial charge in [-0.15, -0.1) is 0 Å². The first-order valence-corrected chi connectivity index (χ1v) is 5.26. The molecule has 0 fully saturated rings. The Labute approximate surface area is 92.4 Å². The summed E-state index contributed by atoms with van der Waals surface area (Å²) in [4.78, 5) is 10.8. The highest BCUT2D eigenvalue weighted by molar-refractivity contribution is 9.10. The van der Waals surface area contributed by atoms with Crippen LogP contribution in [0.15, 0.2) is 16.6 Å². The third-order valence-corrected chi connectivity index (χ3v) is 2.29. The summed E-state index contributed by atoms with van der Waals surface area (Å²) in [5.41, 5.74) is 1.63. The molecule has 0 bridgehead atoms. The van der Waals surface area contributed by atoms with E-state index in [0.29, 0.717) is 11.3 Å². The third kappa shape index (κ3) is 2.58. The van der Waals surface area contributed by atoms with E-state index in [1.807, 2.05) is 32.9 Å². The highest BCUT2D eigenvalue weighted by Gasteiger charge is 2.10. The number of aryl methyl sites for hydroxylation is 1. The van der Waals surface area contributed by atoms with Crippen molar-refractivity contribution in [1.82, 2.24) is 0 Å². The largest absolute Gasteiger partial charge is 0.489 e. The van der Waals surface area contributed by atoms with Gasteiger partial charge in [-0.25, -0.2) is 0 Å². The predicted octanol–water partition coefficient (Wildman–Crippen LogP) is 3.36. The molecule has 0 atom stereocenters. The van der Waals surface area contributed by atoms with Crippen molar-refractivity contribution in [2.24, 2.45) is 0 Å². The fourth-order valence-electron chi connectivity index (χ4n) is 1.20. The van der Waals surface area contributed by atoms with Crippen molar-refractivity contribution in [3.05, 3.63) is 27.7 Å². The van der Waals surface area contributed by atoms with Crippen LogP contribution in [0, 0.1) is 6.92 Å². The molecule has 0 amide bonds. The molecule has 76 valence electrons. The van der Waals surface area contributed by atoms with Crippen LogP contribution >= 0.6 is 15.9 Å². The van der Waals surface area contributed by atoms with Gasteiger partial charge in [0.15, 0.2) is 6.29 Å². The predicted molar refractivity (Wildman–Crippen MR) is 60.0 cm³/mol. The first-order chi connectivity index (χ1) is 6.54. The number of benzene rings is 1. The van der Waals surface area contributed by atoms with Crippen LogP contribution in [0.25, 0.3) is 0 Å². The fourth-order valence-corrected chi connectivity index (χ4v) is 1.89. The van der Waals surface area contributed by atoms with Crippen LogP contribution in [0.4, 0.5) is 0 Å². The lowest BCUT2D eigenvalue weighted by Gasteiger charge is -2.14. The summed E-state index contributed by atoms with van der Waals surface area (Å²) in [6.07, 6.45) is 0.878. The minimum absolute atomic E-state index is 0.0627. The van der Waals surface area contributed by atoms with Crippen molar-refractivity contribution < 1.29 is 9.53 Å². The summed E-state index contributed by atoms with van der Waals surface area (Å²) in [5.74, 6) is 0.626.